The molecule has 1 aliphatic rings. The standard InChI is InChI=1S/C25H34N4O2S/c1-27-14-16-28(17-15-27)24(30)23(20-22-10-6-3-7-11-22)26-25(31)29(18-19-32)13-12-21-8-4-2-5-9-21/h2-11,23,32H,12-20H2,1H3,(H,26,31). The van der Waals surface area contributed by atoms with E-state index in [4.69, 9.17) is 0 Å². The van der Waals surface area contributed by atoms with Gasteiger partial charge in [0.2, 0.25) is 5.91 Å². The van der Waals surface area contributed by atoms with Crippen molar-refractivity contribution in [2.24, 2.45) is 0 Å². The van der Waals surface area contributed by atoms with Crippen molar-refractivity contribution in [1.82, 2.24) is 20.0 Å². The van der Waals surface area contributed by atoms with Crippen LogP contribution in [0.1, 0.15) is 11.1 Å². The summed E-state index contributed by atoms with van der Waals surface area (Å²) in [5.74, 6) is 0.557. The van der Waals surface area contributed by atoms with Gasteiger partial charge in [0.25, 0.3) is 0 Å². The Balaban J connectivity index is 1.69. The van der Waals surface area contributed by atoms with Gasteiger partial charge >= 0.3 is 6.03 Å². The van der Waals surface area contributed by atoms with Crippen molar-refractivity contribution in [3.05, 3.63) is 71.8 Å². The number of carbonyl (C=O) groups is 2. The molecule has 172 valence electrons. The fraction of sp³-hybridized carbons (Fsp3) is 0.440. The van der Waals surface area contributed by atoms with E-state index in [2.05, 4.69) is 42.0 Å². The van der Waals surface area contributed by atoms with Crippen molar-refractivity contribution in [1.29, 1.82) is 0 Å². The number of nitrogens with one attached hydrogen (secondary N) is 1. The number of benzene rings is 2. The van der Waals surface area contributed by atoms with Crippen LogP contribution < -0.4 is 5.32 Å². The number of hydrogen-bond acceptors (Lipinski definition) is 4. The molecule has 1 fully saturated rings. The van der Waals surface area contributed by atoms with E-state index in [1.807, 2.05) is 53.4 Å². The van der Waals surface area contributed by atoms with Gasteiger partial charge in [-0.05, 0) is 24.6 Å². The number of hydrogen-bond donors (Lipinski definition) is 2. The summed E-state index contributed by atoms with van der Waals surface area (Å²) in [4.78, 5) is 32.4. The number of piperazine rings is 1. The third kappa shape index (κ3) is 7.28. The van der Waals surface area contributed by atoms with Crippen LogP contribution in [0.3, 0.4) is 0 Å². The van der Waals surface area contributed by atoms with Crippen LogP contribution in [0, 0.1) is 0 Å². The molecule has 1 atom stereocenters. The molecule has 1 saturated heterocycles. The van der Waals surface area contributed by atoms with Gasteiger partial charge in [-0.1, -0.05) is 60.7 Å². The van der Waals surface area contributed by atoms with Crippen molar-refractivity contribution in [3.63, 3.8) is 0 Å². The van der Waals surface area contributed by atoms with Gasteiger partial charge in [0.15, 0.2) is 0 Å². The number of thiol groups is 1. The average molecular weight is 455 g/mol. The molecule has 0 aliphatic carbocycles. The van der Waals surface area contributed by atoms with Crippen molar-refractivity contribution in [2.45, 2.75) is 18.9 Å². The van der Waals surface area contributed by atoms with Gasteiger partial charge < -0.3 is 20.0 Å². The van der Waals surface area contributed by atoms with E-state index < -0.39 is 6.04 Å². The largest absolute Gasteiger partial charge is 0.338 e. The van der Waals surface area contributed by atoms with E-state index in [-0.39, 0.29) is 11.9 Å². The van der Waals surface area contributed by atoms with Gasteiger partial charge in [-0.3, -0.25) is 4.79 Å². The first-order valence-corrected chi connectivity index (χ1v) is 11.9. The summed E-state index contributed by atoms with van der Waals surface area (Å²) in [6.45, 7) is 4.18. The molecule has 1 heterocycles. The number of nitrogens with zero attached hydrogens (tertiary/aromatic N) is 3. The topological polar surface area (TPSA) is 55.9 Å². The van der Waals surface area contributed by atoms with Gasteiger partial charge in [-0.2, -0.15) is 12.6 Å². The molecule has 0 bridgehead atoms. The predicted molar refractivity (Wildman–Crippen MR) is 132 cm³/mol. The maximum atomic E-state index is 13.4. The molecule has 7 heteroatoms. The number of rotatable bonds is 9. The highest BCUT2D eigenvalue weighted by Crippen LogP contribution is 2.10. The Morgan fingerprint density at radius 3 is 2.12 bits per heavy atom. The zero-order valence-corrected chi connectivity index (χ0v) is 19.7. The van der Waals surface area contributed by atoms with E-state index in [1.54, 1.807) is 4.90 Å². The van der Waals surface area contributed by atoms with Crippen LogP contribution in [0.2, 0.25) is 0 Å². The third-order valence-corrected chi connectivity index (χ3v) is 6.06. The average Bonchev–Trinajstić information content (AvgIpc) is 2.82. The minimum atomic E-state index is -0.590. The maximum Gasteiger partial charge on any atom is 0.318 e. The molecular formula is C25H34N4O2S. The second kappa shape index (κ2) is 12.5. The van der Waals surface area contributed by atoms with Crippen LogP contribution in [0.25, 0.3) is 0 Å². The Morgan fingerprint density at radius 1 is 0.938 bits per heavy atom. The first-order chi connectivity index (χ1) is 15.6. The monoisotopic (exact) mass is 454 g/mol. The van der Waals surface area contributed by atoms with Crippen molar-refractivity contribution >= 4 is 24.6 Å². The van der Waals surface area contributed by atoms with Gasteiger partial charge in [0.1, 0.15) is 6.04 Å². The third-order valence-electron chi connectivity index (χ3n) is 5.86. The van der Waals surface area contributed by atoms with Crippen molar-refractivity contribution < 1.29 is 9.59 Å². The lowest BCUT2D eigenvalue weighted by molar-refractivity contribution is -0.134. The second-order valence-corrected chi connectivity index (χ2v) is 8.71. The molecule has 0 saturated carbocycles. The first kappa shape index (κ1) is 24.1. The lowest BCUT2D eigenvalue weighted by Crippen LogP contribution is -2.57. The van der Waals surface area contributed by atoms with Crippen LogP contribution in [0.4, 0.5) is 4.79 Å². The molecule has 6 nitrogen and oxygen atoms in total. The van der Waals surface area contributed by atoms with Gasteiger partial charge in [-0.15, -0.1) is 0 Å². The van der Waals surface area contributed by atoms with Gasteiger partial charge in [0, 0.05) is 51.4 Å². The normalized spacial score (nSPS) is 15.2. The number of carbonyl (C=O) groups excluding carboxylic acids is 2. The minimum Gasteiger partial charge on any atom is -0.338 e. The number of likely N-dealkylation sites (N-methyl/N-ethyl adjacent to an activating group) is 1. The number of urea groups is 1. The molecule has 1 N–H and O–H groups in total. The Kier molecular flexibility index (Phi) is 9.43. The molecule has 0 spiro atoms. The Hall–Kier alpha value is -2.51. The molecule has 3 amide bonds. The quantitative estimate of drug-likeness (QED) is 0.573. The number of amides is 3. The molecule has 2 aromatic rings. The summed E-state index contributed by atoms with van der Waals surface area (Å²) in [5, 5.41) is 3.04. The smallest absolute Gasteiger partial charge is 0.318 e. The highest BCUT2D eigenvalue weighted by molar-refractivity contribution is 7.80. The van der Waals surface area contributed by atoms with Crippen molar-refractivity contribution in [2.75, 3.05) is 52.1 Å². The van der Waals surface area contributed by atoms with Crippen LogP contribution in [0.5, 0.6) is 0 Å². The minimum absolute atomic E-state index is 0.0100. The van der Waals surface area contributed by atoms with E-state index in [0.717, 1.165) is 25.1 Å². The van der Waals surface area contributed by atoms with E-state index in [0.29, 0.717) is 38.4 Å². The fourth-order valence-electron chi connectivity index (χ4n) is 3.88. The van der Waals surface area contributed by atoms with Crippen LogP contribution in [-0.4, -0.2) is 84.7 Å². The molecule has 1 aliphatic heterocycles. The summed E-state index contributed by atoms with van der Waals surface area (Å²) in [7, 11) is 2.06. The van der Waals surface area contributed by atoms with E-state index in [9.17, 15) is 9.59 Å². The summed E-state index contributed by atoms with van der Waals surface area (Å²) >= 11 is 4.34. The molecule has 3 rings (SSSR count). The van der Waals surface area contributed by atoms with E-state index >= 15 is 0 Å². The molecule has 0 aromatic heterocycles. The SMILES string of the molecule is CN1CCN(C(=O)C(Cc2ccccc2)NC(=O)N(CCS)CCc2ccccc2)CC1. The Labute approximate surface area is 197 Å². The van der Waals surface area contributed by atoms with Crippen LogP contribution in [0.15, 0.2) is 60.7 Å². The summed E-state index contributed by atoms with van der Waals surface area (Å²) in [5.41, 5.74) is 2.21. The Morgan fingerprint density at radius 2 is 1.53 bits per heavy atom. The maximum absolute atomic E-state index is 13.4. The molecule has 2 aromatic carbocycles. The van der Waals surface area contributed by atoms with Crippen molar-refractivity contribution in [3.8, 4) is 0 Å². The zero-order valence-electron chi connectivity index (χ0n) is 18.8. The van der Waals surface area contributed by atoms with Gasteiger partial charge in [0.05, 0.1) is 0 Å². The molecule has 1 unspecified atom stereocenters. The predicted octanol–water partition coefficient (Wildman–Crippen LogP) is 2.56. The highest BCUT2D eigenvalue weighted by Gasteiger charge is 2.29. The summed E-state index contributed by atoms with van der Waals surface area (Å²) < 4.78 is 0. The first-order valence-electron chi connectivity index (χ1n) is 11.3. The molecule has 32 heavy (non-hydrogen) atoms. The lowest BCUT2D eigenvalue weighted by Gasteiger charge is -2.35. The van der Waals surface area contributed by atoms with E-state index in [1.165, 1.54) is 5.56 Å². The molecule has 0 radical (unpaired) electrons. The van der Waals surface area contributed by atoms with Crippen LogP contribution in [-0.2, 0) is 17.6 Å². The lowest BCUT2D eigenvalue weighted by atomic mass is 10.0. The second-order valence-electron chi connectivity index (χ2n) is 8.27. The zero-order chi connectivity index (χ0) is 22.8. The highest BCUT2D eigenvalue weighted by atomic mass is 32.1. The fourth-order valence-corrected chi connectivity index (χ4v) is 4.12. The summed E-state index contributed by atoms with van der Waals surface area (Å²) in [6.07, 6.45) is 1.24. The molecular weight excluding hydrogens is 420 g/mol. The Bertz CT molecular complexity index is 842. The van der Waals surface area contributed by atoms with Gasteiger partial charge in [-0.25, -0.2) is 4.79 Å². The summed E-state index contributed by atoms with van der Waals surface area (Å²) in [6, 6.07) is 19.2. The van der Waals surface area contributed by atoms with Crippen LogP contribution >= 0.6 is 12.6 Å².